The molecule has 2 rings (SSSR count). The molecule has 0 saturated carbocycles. The highest BCUT2D eigenvalue weighted by molar-refractivity contribution is 8.00. The van der Waals surface area contributed by atoms with Crippen LogP contribution in [-0.2, 0) is 14.3 Å². The molecule has 0 atom stereocenters. The maximum absolute atomic E-state index is 13.5. The van der Waals surface area contributed by atoms with Crippen LogP contribution in [0, 0.1) is 32.4 Å². The summed E-state index contributed by atoms with van der Waals surface area (Å²) in [5, 5.41) is 2.72. The highest BCUT2D eigenvalue weighted by Crippen LogP contribution is 2.23. The van der Waals surface area contributed by atoms with E-state index in [0.717, 1.165) is 46.7 Å². The molecule has 0 aliphatic rings. The van der Waals surface area contributed by atoms with Crippen molar-refractivity contribution in [3.8, 4) is 0 Å². The zero-order chi connectivity index (χ0) is 19.3. The number of hydrogen-bond donors (Lipinski definition) is 1. The zero-order valence-corrected chi connectivity index (χ0v) is 15.5. The Bertz CT molecular complexity index is 817. The second-order valence-corrected chi connectivity index (χ2v) is 6.86. The summed E-state index contributed by atoms with van der Waals surface area (Å²) in [6.07, 6.45) is 0. The minimum absolute atomic E-state index is 0.0114. The first-order valence-electron chi connectivity index (χ1n) is 7.87. The van der Waals surface area contributed by atoms with Gasteiger partial charge in [-0.15, -0.1) is 11.8 Å². The molecule has 0 radical (unpaired) electrons. The van der Waals surface area contributed by atoms with Gasteiger partial charge in [-0.3, -0.25) is 9.59 Å². The molecule has 26 heavy (non-hydrogen) atoms. The van der Waals surface area contributed by atoms with Gasteiger partial charge in [0.1, 0.15) is 11.6 Å². The minimum Gasteiger partial charge on any atom is -0.455 e. The van der Waals surface area contributed by atoms with E-state index < -0.39 is 30.1 Å². The maximum Gasteiger partial charge on any atom is 0.316 e. The molecular formula is C19H19F2NO3S. The van der Waals surface area contributed by atoms with Gasteiger partial charge in [0.2, 0.25) is 0 Å². The summed E-state index contributed by atoms with van der Waals surface area (Å²) >= 11 is 0.810. The largest absolute Gasteiger partial charge is 0.455 e. The number of carbonyl (C=O) groups excluding carboxylic acids is 2. The summed E-state index contributed by atoms with van der Waals surface area (Å²) in [5.41, 5.74) is 3.61. The smallest absolute Gasteiger partial charge is 0.316 e. The molecule has 0 heterocycles. The fourth-order valence-electron chi connectivity index (χ4n) is 2.46. The van der Waals surface area contributed by atoms with Gasteiger partial charge >= 0.3 is 5.97 Å². The molecule has 0 aromatic heterocycles. The Morgan fingerprint density at radius 1 is 1.08 bits per heavy atom. The van der Waals surface area contributed by atoms with E-state index in [-0.39, 0.29) is 10.6 Å². The standard InChI is InChI=1S/C19H19F2NO3S/c1-11-6-12(2)19(13(3)7-11)22-17(23)9-25-18(24)10-26-16-8-14(20)4-5-15(16)21/h4-8H,9-10H2,1-3H3,(H,22,23). The number of anilines is 1. The predicted molar refractivity (Wildman–Crippen MR) is 97.3 cm³/mol. The van der Waals surface area contributed by atoms with Crippen LogP contribution >= 0.6 is 11.8 Å². The van der Waals surface area contributed by atoms with Crippen LogP contribution in [0.5, 0.6) is 0 Å². The lowest BCUT2D eigenvalue weighted by atomic mass is 10.1. The Labute approximate surface area is 154 Å². The van der Waals surface area contributed by atoms with Gasteiger partial charge in [-0.05, 0) is 50.1 Å². The normalized spacial score (nSPS) is 10.5. The fraction of sp³-hybridized carbons (Fsp3) is 0.263. The monoisotopic (exact) mass is 379 g/mol. The molecule has 1 N–H and O–H groups in total. The van der Waals surface area contributed by atoms with Crippen molar-refractivity contribution in [2.75, 3.05) is 17.7 Å². The third-order valence-corrected chi connectivity index (χ3v) is 4.55. The summed E-state index contributed by atoms with van der Waals surface area (Å²) in [5.74, 6) is -2.59. The van der Waals surface area contributed by atoms with E-state index in [1.54, 1.807) is 0 Å². The van der Waals surface area contributed by atoms with Gasteiger partial charge in [-0.1, -0.05) is 17.7 Å². The van der Waals surface area contributed by atoms with Crippen molar-refractivity contribution in [2.24, 2.45) is 0 Å². The average Bonchev–Trinajstić information content (AvgIpc) is 2.57. The molecule has 138 valence electrons. The van der Waals surface area contributed by atoms with Gasteiger partial charge in [-0.2, -0.15) is 0 Å². The average molecular weight is 379 g/mol. The lowest BCUT2D eigenvalue weighted by molar-refractivity contribution is -0.144. The SMILES string of the molecule is Cc1cc(C)c(NC(=O)COC(=O)CSc2cc(F)ccc2F)c(C)c1. The van der Waals surface area contributed by atoms with Gasteiger partial charge in [0, 0.05) is 10.6 Å². The summed E-state index contributed by atoms with van der Waals surface area (Å²) in [4.78, 5) is 23.7. The van der Waals surface area contributed by atoms with E-state index in [0.29, 0.717) is 5.69 Å². The molecule has 1 amide bonds. The molecule has 0 unspecified atom stereocenters. The van der Waals surface area contributed by atoms with Crippen LogP contribution in [0.25, 0.3) is 0 Å². The number of nitrogens with one attached hydrogen (secondary N) is 1. The number of rotatable bonds is 6. The Balaban J connectivity index is 1.84. The molecule has 0 aliphatic heterocycles. The molecule has 0 fully saturated rings. The second kappa shape index (κ2) is 8.80. The second-order valence-electron chi connectivity index (χ2n) is 5.85. The van der Waals surface area contributed by atoms with Crippen molar-refractivity contribution >= 4 is 29.3 Å². The number of esters is 1. The van der Waals surface area contributed by atoms with Gasteiger partial charge in [0.25, 0.3) is 5.91 Å². The predicted octanol–water partition coefficient (Wildman–Crippen LogP) is 4.16. The van der Waals surface area contributed by atoms with Crippen molar-refractivity contribution in [3.63, 3.8) is 0 Å². The summed E-state index contributed by atoms with van der Waals surface area (Å²) in [7, 11) is 0. The van der Waals surface area contributed by atoms with Crippen LogP contribution in [0.2, 0.25) is 0 Å². The van der Waals surface area contributed by atoms with Gasteiger partial charge in [-0.25, -0.2) is 8.78 Å². The van der Waals surface area contributed by atoms with Crippen LogP contribution < -0.4 is 5.32 Å². The first-order chi connectivity index (χ1) is 12.3. The van der Waals surface area contributed by atoms with E-state index >= 15 is 0 Å². The number of carbonyl (C=O) groups is 2. The van der Waals surface area contributed by atoms with Crippen LogP contribution in [-0.4, -0.2) is 24.2 Å². The van der Waals surface area contributed by atoms with Crippen molar-refractivity contribution < 1.29 is 23.1 Å². The molecule has 7 heteroatoms. The Hall–Kier alpha value is -2.41. The fourth-order valence-corrected chi connectivity index (χ4v) is 3.22. The molecule has 0 spiro atoms. The number of ether oxygens (including phenoxy) is 1. The van der Waals surface area contributed by atoms with Crippen molar-refractivity contribution in [1.29, 1.82) is 0 Å². The number of halogens is 2. The van der Waals surface area contributed by atoms with E-state index in [4.69, 9.17) is 4.74 Å². The van der Waals surface area contributed by atoms with E-state index in [1.807, 2.05) is 32.9 Å². The van der Waals surface area contributed by atoms with Crippen molar-refractivity contribution in [1.82, 2.24) is 0 Å². The number of hydrogen-bond acceptors (Lipinski definition) is 4. The van der Waals surface area contributed by atoms with Gasteiger partial charge in [0.15, 0.2) is 6.61 Å². The third-order valence-electron chi connectivity index (χ3n) is 3.54. The lowest BCUT2D eigenvalue weighted by Crippen LogP contribution is -2.22. The van der Waals surface area contributed by atoms with Crippen LogP contribution in [0.4, 0.5) is 14.5 Å². The van der Waals surface area contributed by atoms with E-state index in [1.165, 1.54) is 0 Å². The van der Waals surface area contributed by atoms with Crippen LogP contribution in [0.1, 0.15) is 16.7 Å². The van der Waals surface area contributed by atoms with E-state index in [9.17, 15) is 18.4 Å². The van der Waals surface area contributed by atoms with Crippen LogP contribution in [0.15, 0.2) is 35.2 Å². The molecule has 0 aliphatic carbocycles. The number of thioether (sulfide) groups is 1. The Morgan fingerprint density at radius 2 is 1.73 bits per heavy atom. The zero-order valence-electron chi connectivity index (χ0n) is 14.7. The van der Waals surface area contributed by atoms with Crippen molar-refractivity contribution in [2.45, 2.75) is 25.7 Å². The first kappa shape index (κ1) is 19.9. The molecule has 2 aromatic rings. The quantitative estimate of drug-likeness (QED) is 0.605. The van der Waals surface area contributed by atoms with Gasteiger partial charge < -0.3 is 10.1 Å². The topological polar surface area (TPSA) is 55.4 Å². The Kier molecular flexibility index (Phi) is 6.74. The van der Waals surface area contributed by atoms with Crippen LogP contribution in [0.3, 0.4) is 0 Å². The molecule has 4 nitrogen and oxygen atoms in total. The Morgan fingerprint density at radius 3 is 2.38 bits per heavy atom. The molecule has 0 bridgehead atoms. The number of benzene rings is 2. The number of amides is 1. The number of aryl methyl sites for hydroxylation is 3. The lowest BCUT2D eigenvalue weighted by Gasteiger charge is -2.13. The first-order valence-corrected chi connectivity index (χ1v) is 8.86. The highest BCUT2D eigenvalue weighted by atomic mass is 32.2. The van der Waals surface area contributed by atoms with Crippen molar-refractivity contribution in [3.05, 3.63) is 58.7 Å². The van der Waals surface area contributed by atoms with Gasteiger partial charge in [0.05, 0.1) is 5.75 Å². The molecular weight excluding hydrogens is 360 g/mol. The summed E-state index contributed by atoms with van der Waals surface area (Å²) in [6.45, 7) is 5.28. The summed E-state index contributed by atoms with van der Waals surface area (Å²) in [6, 6.07) is 6.88. The highest BCUT2D eigenvalue weighted by Gasteiger charge is 2.13. The minimum atomic E-state index is -0.689. The molecule has 2 aromatic carbocycles. The maximum atomic E-state index is 13.5. The third kappa shape index (κ3) is 5.56. The summed E-state index contributed by atoms with van der Waals surface area (Å²) < 4.78 is 31.4. The molecule has 0 saturated heterocycles. The van der Waals surface area contributed by atoms with E-state index in [2.05, 4.69) is 5.32 Å².